The number of nitrogens with zero attached hydrogens (tertiary/aromatic N) is 6. The van der Waals surface area contributed by atoms with Gasteiger partial charge in [0, 0.05) is 44.6 Å². The second-order valence-electron chi connectivity index (χ2n) is 10.0. The Labute approximate surface area is 263 Å². The number of carbonyl (C=O) groups excluding carboxylic acids is 1. The maximum absolute atomic E-state index is 12.0. The van der Waals surface area contributed by atoms with E-state index in [1.165, 1.54) is 6.20 Å². The molecule has 0 unspecified atom stereocenters. The molecule has 5 rings (SSSR count). The van der Waals surface area contributed by atoms with E-state index in [-0.39, 0.29) is 38.4 Å². The van der Waals surface area contributed by atoms with E-state index in [9.17, 15) is 4.79 Å². The number of carboxylic acids is 2. The van der Waals surface area contributed by atoms with E-state index in [0.717, 1.165) is 25.9 Å². The van der Waals surface area contributed by atoms with E-state index in [1.54, 1.807) is 23.0 Å². The molecule has 0 saturated carbocycles. The molecule has 246 valence electrons. The lowest BCUT2D eigenvalue weighted by molar-refractivity contribution is -0.159. The summed E-state index contributed by atoms with van der Waals surface area (Å²) >= 11 is 0. The molecule has 2 saturated heterocycles. The average Bonchev–Trinajstić information content (AvgIpc) is 3.48. The minimum atomic E-state index is -1.82. The lowest BCUT2D eigenvalue weighted by Gasteiger charge is -2.25. The fourth-order valence-electron chi connectivity index (χ4n) is 4.45. The van der Waals surface area contributed by atoms with Gasteiger partial charge in [0.1, 0.15) is 36.9 Å². The van der Waals surface area contributed by atoms with Crippen LogP contribution in [0, 0.1) is 11.3 Å². The quantitative estimate of drug-likeness (QED) is 0.141. The molecule has 0 spiro atoms. The number of ether oxygens (including phenoxy) is 5. The van der Waals surface area contributed by atoms with E-state index < -0.39 is 11.9 Å². The van der Waals surface area contributed by atoms with Crippen LogP contribution >= 0.6 is 0 Å². The molecule has 0 aromatic carbocycles. The number of carboxylic acid groups (broad SMARTS) is 2. The van der Waals surface area contributed by atoms with Crippen molar-refractivity contribution in [2.24, 2.45) is 0 Å². The third kappa shape index (κ3) is 10.3. The molecule has 0 bridgehead atoms. The minimum Gasteiger partial charge on any atom is -0.487 e. The standard InChI is InChI=1S/C27H33N7O6.C2H2O4/c28-16-20-1-2-24(29-17-20)34-19-30-22-15-23(26(32-27(22)34)31-21-3-7-36-8-4-21)39-13-11-38-12-14-40-25(35)18-33-5-9-37-10-6-33;3-1(4)2(5)6/h1-2,15,17,19,21H,3-14,18H2,(H,31,32);(H,3,4)(H,5,6). The maximum atomic E-state index is 12.0. The van der Waals surface area contributed by atoms with Crippen LogP contribution < -0.4 is 10.1 Å². The highest BCUT2D eigenvalue weighted by Crippen LogP contribution is 2.29. The van der Waals surface area contributed by atoms with Crippen molar-refractivity contribution in [2.75, 3.05) is 77.8 Å². The highest BCUT2D eigenvalue weighted by Gasteiger charge is 2.20. The number of imidazole rings is 1. The van der Waals surface area contributed by atoms with E-state index in [0.29, 0.717) is 67.1 Å². The van der Waals surface area contributed by atoms with Crippen LogP contribution in [-0.4, -0.2) is 131 Å². The fourth-order valence-corrected chi connectivity index (χ4v) is 4.45. The first-order valence-electron chi connectivity index (χ1n) is 14.6. The summed E-state index contributed by atoms with van der Waals surface area (Å²) in [5.74, 6) is -2.13. The minimum absolute atomic E-state index is 0.189. The third-order valence-electron chi connectivity index (χ3n) is 6.79. The van der Waals surface area contributed by atoms with Gasteiger partial charge in [0.05, 0.1) is 38.5 Å². The number of rotatable bonds is 12. The molecular weight excluding hydrogens is 606 g/mol. The van der Waals surface area contributed by atoms with Gasteiger partial charge in [-0.15, -0.1) is 0 Å². The van der Waals surface area contributed by atoms with Crippen LogP contribution in [0.15, 0.2) is 30.7 Å². The van der Waals surface area contributed by atoms with Crippen molar-refractivity contribution in [3.63, 3.8) is 0 Å². The molecule has 0 atom stereocenters. The molecule has 46 heavy (non-hydrogen) atoms. The Morgan fingerprint density at radius 1 is 1.00 bits per heavy atom. The Kier molecular flexibility index (Phi) is 13.0. The second-order valence-corrected chi connectivity index (χ2v) is 10.0. The Morgan fingerprint density at radius 3 is 2.39 bits per heavy atom. The molecule has 5 heterocycles. The predicted molar refractivity (Wildman–Crippen MR) is 159 cm³/mol. The highest BCUT2D eigenvalue weighted by molar-refractivity contribution is 6.27. The average molecular weight is 642 g/mol. The monoisotopic (exact) mass is 641 g/mol. The summed E-state index contributed by atoms with van der Waals surface area (Å²) in [6, 6.07) is 7.59. The van der Waals surface area contributed by atoms with E-state index >= 15 is 0 Å². The zero-order chi connectivity index (χ0) is 32.7. The predicted octanol–water partition coefficient (Wildman–Crippen LogP) is 0.704. The van der Waals surface area contributed by atoms with Crippen molar-refractivity contribution in [1.82, 2.24) is 24.4 Å². The van der Waals surface area contributed by atoms with Gasteiger partial charge in [-0.3, -0.25) is 14.3 Å². The van der Waals surface area contributed by atoms with Crippen LogP contribution in [0.2, 0.25) is 0 Å². The van der Waals surface area contributed by atoms with Crippen molar-refractivity contribution < 1.29 is 48.3 Å². The maximum Gasteiger partial charge on any atom is 0.414 e. The van der Waals surface area contributed by atoms with Crippen LogP contribution in [0.5, 0.6) is 5.75 Å². The van der Waals surface area contributed by atoms with Gasteiger partial charge in [0.25, 0.3) is 0 Å². The normalized spacial score (nSPS) is 15.3. The van der Waals surface area contributed by atoms with E-state index in [4.69, 9.17) is 53.7 Å². The molecular formula is C29H35N7O10. The molecule has 2 fully saturated rings. The number of esters is 1. The third-order valence-corrected chi connectivity index (χ3v) is 6.79. The summed E-state index contributed by atoms with van der Waals surface area (Å²) in [6.45, 7) is 5.48. The van der Waals surface area contributed by atoms with Crippen molar-refractivity contribution in [3.05, 3.63) is 36.3 Å². The van der Waals surface area contributed by atoms with Gasteiger partial charge in [-0.05, 0) is 25.0 Å². The number of pyridine rings is 2. The molecule has 3 aromatic rings. The topological polar surface area (TPSA) is 220 Å². The first-order valence-corrected chi connectivity index (χ1v) is 14.6. The number of anilines is 1. The highest BCUT2D eigenvalue weighted by atomic mass is 16.6. The summed E-state index contributed by atoms with van der Waals surface area (Å²) in [7, 11) is 0. The molecule has 3 N–H and O–H groups in total. The number of hydrogen-bond acceptors (Lipinski definition) is 14. The van der Waals surface area contributed by atoms with Crippen LogP contribution in [0.1, 0.15) is 18.4 Å². The molecule has 0 radical (unpaired) electrons. The zero-order valence-electron chi connectivity index (χ0n) is 25.0. The van der Waals surface area contributed by atoms with Gasteiger partial charge in [0.2, 0.25) is 0 Å². The smallest absolute Gasteiger partial charge is 0.414 e. The van der Waals surface area contributed by atoms with Gasteiger partial charge in [-0.25, -0.2) is 24.5 Å². The first-order chi connectivity index (χ1) is 22.3. The van der Waals surface area contributed by atoms with Gasteiger partial charge in [0.15, 0.2) is 17.2 Å². The summed E-state index contributed by atoms with van der Waals surface area (Å²) in [5.41, 5.74) is 1.74. The van der Waals surface area contributed by atoms with E-state index in [2.05, 4.69) is 21.4 Å². The summed E-state index contributed by atoms with van der Waals surface area (Å²) in [5, 5.41) is 27.4. The number of nitrogens with one attached hydrogen (secondary N) is 1. The number of aliphatic carboxylic acids is 2. The number of aromatic nitrogens is 4. The van der Waals surface area contributed by atoms with Crippen molar-refractivity contribution in [2.45, 2.75) is 18.9 Å². The second kappa shape index (κ2) is 17.6. The van der Waals surface area contributed by atoms with Gasteiger partial charge in [-0.1, -0.05) is 0 Å². The van der Waals surface area contributed by atoms with Crippen molar-refractivity contribution in [1.29, 1.82) is 5.26 Å². The lowest BCUT2D eigenvalue weighted by Crippen LogP contribution is -2.40. The molecule has 17 nitrogen and oxygen atoms in total. The number of fused-ring (bicyclic) bond motifs is 1. The SMILES string of the molecule is N#Cc1ccc(-n2cnc3cc(OCCOCCOC(=O)CN4CCOCC4)c(NC4CCOCC4)nc32)nc1.O=C(O)C(=O)O. The van der Waals surface area contributed by atoms with Crippen LogP contribution in [0.4, 0.5) is 5.82 Å². The van der Waals surface area contributed by atoms with Gasteiger partial charge in [-0.2, -0.15) is 5.26 Å². The Hall–Kier alpha value is -4.89. The Balaban J connectivity index is 0.000000731. The molecule has 2 aliphatic rings. The zero-order valence-corrected chi connectivity index (χ0v) is 25.0. The van der Waals surface area contributed by atoms with Crippen molar-refractivity contribution in [3.8, 4) is 17.6 Å². The molecule has 0 aliphatic carbocycles. The van der Waals surface area contributed by atoms with E-state index in [1.807, 2.05) is 11.0 Å². The summed E-state index contributed by atoms with van der Waals surface area (Å²) in [6.07, 6.45) is 4.90. The largest absolute Gasteiger partial charge is 0.487 e. The van der Waals surface area contributed by atoms with Crippen LogP contribution in [0.3, 0.4) is 0 Å². The number of nitriles is 1. The number of carbonyl (C=O) groups is 3. The van der Waals surface area contributed by atoms with Crippen molar-refractivity contribution >= 4 is 34.9 Å². The van der Waals surface area contributed by atoms with Crippen LogP contribution in [0.25, 0.3) is 17.0 Å². The molecule has 0 amide bonds. The first kappa shape index (κ1) is 34.0. The summed E-state index contributed by atoms with van der Waals surface area (Å²) < 4.78 is 29.5. The fraction of sp³-hybridized carbons (Fsp3) is 0.483. The number of hydrogen-bond donors (Lipinski definition) is 3. The van der Waals surface area contributed by atoms with Crippen LogP contribution in [-0.2, 0) is 33.3 Å². The molecule has 17 heteroatoms. The Bertz CT molecular complexity index is 1480. The van der Waals surface area contributed by atoms with Gasteiger partial charge >= 0.3 is 17.9 Å². The Morgan fingerprint density at radius 2 is 1.72 bits per heavy atom. The molecule has 2 aliphatic heterocycles. The molecule has 3 aromatic heterocycles. The number of morpholine rings is 1. The summed E-state index contributed by atoms with van der Waals surface area (Å²) in [4.78, 5) is 45.9. The lowest BCUT2D eigenvalue weighted by atomic mass is 10.1. The van der Waals surface area contributed by atoms with Gasteiger partial charge < -0.3 is 39.2 Å².